The van der Waals surface area contributed by atoms with Crippen molar-refractivity contribution in [3.63, 3.8) is 0 Å². The molecule has 27 heavy (non-hydrogen) atoms. The molecule has 2 heterocycles. The Bertz CT molecular complexity index is 688. The van der Waals surface area contributed by atoms with Crippen molar-refractivity contribution >= 4 is 5.91 Å². The highest BCUT2D eigenvalue weighted by Crippen LogP contribution is 2.42. The van der Waals surface area contributed by atoms with Crippen LogP contribution in [0, 0.1) is 12.3 Å². The van der Waals surface area contributed by atoms with Gasteiger partial charge in [0.2, 0.25) is 5.91 Å². The van der Waals surface area contributed by atoms with Gasteiger partial charge in [0.25, 0.3) is 0 Å². The number of likely N-dealkylation sites (tertiary alicyclic amines) is 2. The smallest absolute Gasteiger partial charge is 0.222 e. The van der Waals surface area contributed by atoms with Crippen molar-refractivity contribution in [2.24, 2.45) is 5.41 Å². The Morgan fingerprint density at radius 3 is 2.81 bits per heavy atom. The van der Waals surface area contributed by atoms with Crippen LogP contribution < -0.4 is 9.47 Å². The molecule has 3 fully saturated rings. The van der Waals surface area contributed by atoms with Crippen LogP contribution in [0.3, 0.4) is 0 Å². The van der Waals surface area contributed by atoms with E-state index in [4.69, 9.17) is 9.47 Å². The Morgan fingerprint density at radius 1 is 1.19 bits per heavy atom. The van der Waals surface area contributed by atoms with Crippen LogP contribution in [0.25, 0.3) is 0 Å². The Balaban J connectivity index is 1.32. The number of hydrogen-bond acceptors (Lipinski definition) is 4. The van der Waals surface area contributed by atoms with E-state index in [1.165, 1.54) is 31.2 Å². The molecule has 2 aliphatic heterocycles. The number of piperidine rings is 2. The standard InChI is InChI=1S/C22H32N2O3/c1-17-4-7-19(20(14-17)26-2)27-13-12-23-11-3-9-22(15-23)10-8-21(25)24(16-22)18-5-6-18/h4,7,14,18H,3,5-6,8-13,15-16H2,1-2H3. The first-order valence-corrected chi connectivity index (χ1v) is 10.4. The molecule has 0 N–H and O–H groups in total. The number of hydrogen-bond donors (Lipinski definition) is 0. The van der Waals surface area contributed by atoms with Gasteiger partial charge in [-0.05, 0) is 63.3 Å². The van der Waals surface area contributed by atoms with Gasteiger partial charge in [0.15, 0.2) is 11.5 Å². The fraction of sp³-hybridized carbons (Fsp3) is 0.682. The number of ether oxygens (including phenoxy) is 2. The van der Waals surface area contributed by atoms with Gasteiger partial charge in [-0.1, -0.05) is 6.07 Å². The quantitative estimate of drug-likeness (QED) is 0.769. The predicted molar refractivity (Wildman–Crippen MR) is 105 cm³/mol. The molecule has 5 heteroatoms. The van der Waals surface area contributed by atoms with Crippen LogP contribution in [0.15, 0.2) is 18.2 Å². The number of benzene rings is 1. The average Bonchev–Trinajstić information content (AvgIpc) is 3.50. The highest BCUT2D eigenvalue weighted by molar-refractivity contribution is 5.78. The minimum absolute atomic E-state index is 0.302. The summed E-state index contributed by atoms with van der Waals surface area (Å²) >= 11 is 0. The van der Waals surface area contributed by atoms with Crippen LogP contribution in [-0.2, 0) is 4.79 Å². The van der Waals surface area contributed by atoms with E-state index in [1.54, 1.807) is 7.11 Å². The van der Waals surface area contributed by atoms with Gasteiger partial charge in [-0.3, -0.25) is 9.69 Å². The molecule has 1 unspecified atom stereocenters. The lowest BCUT2D eigenvalue weighted by Crippen LogP contribution is -2.55. The monoisotopic (exact) mass is 372 g/mol. The molecule has 0 bridgehead atoms. The summed E-state index contributed by atoms with van der Waals surface area (Å²) in [5.74, 6) is 2.00. The van der Waals surface area contributed by atoms with Gasteiger partial charge in [0, 0.05) is 37.5 Å². The summed E-state index contributed by atoms with van der Waals surface area (Å²) in [6, 6.07) is 6.60. The summed E-state index contributed by atoms with van der Waals surface area (Å²) in [6.07, 6.45) is 6.68. The maximum atomic E-state index is 12.3. The van der Waals surface area contributed by atoms with Gasteiger partial charge in [-0.15, -0.1) is 0 Å². The molecule has 1 aromatic rings. The molecular weight excluding hydrogens is 340 g/mol. The summed E-state index contributed by atoms with van der Waals surface area (Å²) < 4.78 is 11.4. The van der Waals surface area contributed by atoms with Crippen LogP contribution in [-0.4, -0.2) is 61.6 Å². The van der Waals surface area contributed by atoms with Gasteiger partial charge < -0.3 is 14.4 Å². The summed E-state index contributed by atoms with van der Waals surface area (Å²) in [5, 5.41) is 0. The van der Waals surface area contributed by atoms with E-state index >= 15 is 0 Å². The second-order valence-corrected chi connectivity index (χ2v) is 8.64. The Hall–Kier alpha value is -1.75. The number of amides is 1. The van der Waals surface area contributed by atoms with Crippen molar-refractivity contribution in [2.45, 2.75) is 51.5 Å². The van der Waals surface area contributed by atoms with Crippen LogP contribution >= 0.6 is 0 Å². The first-order valence-electron chi connectivity index (χ1n) is 10.4. The third kappa shape index (κ3) is 4.23. The van der Waals surface area contributed by atoms with Crippen molar-refractivity contribution < 1.29 is 14.3 Å². The number of rotatable bonds is 6. The summed E-state index contributed by atoms with van der Waals surface area (Å²) in [5.41, 5.74) is 1.47. The number of carbonyl (C=O) groups is 1. The topological polar surface area (TPSA) is 42.0 Å². The molecule has 2 saturated heterocycles. The Labute approximate surface area is 162 Å². The number of methoxy groups -OCH3 is 1. The second-order valence-electron chi connectivity index (χ2n) is 8.64. The van der Waals surface area contributed by atoms with Gasteiger partial charge in [0.05, 0.1) is 7.11 Å². The molecule has 5 nitrogen and oxygen atoms in total. The van der Waals surface area contributed by atoms with Crippen LogP contribution in [0.5, 0.6) is 11.5 Å². The third-order valence-corrected chi connectivity index (χ3v) is 6.41. The molecule has 1 atom stereocenters. The van der Waals surface area contributed by atoms with Gasteiger partial charge in [0.1, 0.15) is 6.61 Å². The van der Waals surface area contributed by atoms with E-state index in [0.29, 0.717) is 24.0 Å². The molecule has 1 aliphatic carbocycles. The molecule has 1 amide bonds. The van der Waals surface area contributed by atoms with Crippen LogP contribution in [0.1, 0.15) is 44.1 Å². The largest absolute Gasteiger partial charge is 0.493 e. The molecule has 3 aliphatic rings. The van der Waals surface area contributed by atoms with Gasteiger partial charge in [-0.2, -0.15) is 0 Å². The molecule has 148 valence electrons. The zero-order valence-electron chi connectivity index (χ0n) is 16.7. The van der Waals surface area contributed by atoms with Gasteiger partial charge in [-0.25, -0.2) is 0 Å². The Kier molecular flexibility index (Phi) is 5.31. The number of nitrogens with zero attached hydrogens (tertiary/aromatic N) is 2. The normalized spacial score (nSPS) is 26.4. The Morgan fingerprint density at radius 2 is 2.04 bits per heavy atom. The van der Waals surface area contributed by atoms with Crippen molar-refractivity contribution in [1.29, 1.82) is 0 Å². The molecule has 4 rings (SSSR count). The fourth-order valence-electron chi connectivity index (χ4n) is 4.78. The minimum Gasteiger partial charge on any atom is -0.493 e. The maximum absolute atomic E-state index is 12.3. The van der Waals surface area contributed by atoms with Crippen molar-refractivity contribution in [2.75, 3.05) is 39.9 Å². The summed E-state index contributed by atoms with van der Waals surface area (Å²) in [4.78, 5) is 17.0. The van der Waals surface area contributed by atoms with Crippen molar-refractivity contribution in [3.05, 3.63) is 23.8 Å². The molecule has 1 aromatic carbocycles. The molecule has 0 radical (unpaired) electrons. The molecule has 0 aromatic heterocycles. The van der Waals surface area contributed by atoms with E-state index in [9.17, 15) is 4.79 Å². The molecular formula is C22H32N2O3. The zero-order chi connectivity index (χ0) is 18.9. The lowest BCUT2D eigenvalue weighted by atomic mass is 9.73. The highest BCUT2D eigenvalue weighted by atomic mass is 16.5. The zero-order valence-corrected chi connectivity index (χ0v) is 16.7. The average molecular weight is 373 g/mol. The lowest BCUT2D eigenvalue weighted by Gasteiger charge is -2.48. The van der Waals surface area contributed by atoms with E-state index in [1.807, 2.05) is 12.1 Å². The van der Waals surface area contributed by atoms with Crippen molar-refractivity contribution in [3.8, 4) is 11.5 Å². The number of carbonyl (C=O) groups excluding carboxylic acids is 1. The first kappa shape index (κ1) is 18.6. The fourth-order valence-corrected chi connectivity index (χ4v) is 4.78. The van der Waals surface area contributed by atoms with E-state index in [-0.39, 0.29) is 0 Å². The second kappa shape index (κ2) is 7.70. The summed E-state index contributed by atoms with van der Waals surface area (Å²) in [7, 11) is 1.69. The molecule has 1 saturated carbocycles. The third-order valence-electron chi connectivity index (χ3n) is 6.41. The van der Waals surface area contributed by atoms with Gasteiger partial charge >= 0.3 is 0 Å². The van der Waals surface area contributed by atoms with Crippen LogP contribution in [0.4, 0.5) is 0 Å². The first-order chi connectivity index (χ1) is 13.1. The molecule has 1 spiro atoms. The van der Waals surface area contributed by atoms with E-state index in [0.717, 1.165) is 50.5 Å². The summed E-state index contributed by atoms with van der Waals surface area (Å²) in [6.45, 7) is 6.85. The SMILES string of the molecule is COc1cc(C)ccc1OCCN1CCCC2(CCC(=O)N(C3CC3)C2)C1. The maximum Gasteiger partial charge on any atom is 0.222 e. The highest BCUT2D eigenvalue weighted by Gasteiger charge is 2.45. The minimum atomic E-state index is 0.302. The van der Waals surface area contributed by atoms with Crippen molar-refractivity contribution in [1.82, 2.24) is 9.80 Å². The van der Waals surface area contributed by atoms with Crippen LogP contribution in [0.2, 0.25) is 0 Å². The predicted octanol–water partition coefficient (Wildman–Crippen LogP) is 3.25. The van der Waals surface area contributed by atoms with E-state index in [2.05, 4.69) is 22.8 Å². The lowest BCUT2D eigenvalue weighted by molar-refractivity contribution is -0.140. The number of aryl methyl sites for hydroxylation is 1. The van der Waals surface area contributed by atoms with E-state index < -0.39 is 0 Å².